The van der Waals surface area contributed by atoms with Crippen molar-refractivity contribution in [1.82, 2.24) is 9.88 Å². The van der Waals surface area contributed by atoms with Gasteiger partial charge in [-0.1, -0.05) is 25.3 Å². The van der Waals surface area contributed by atoms with Crippen LogP contribution in [0.3, 0.4) is 0 Å². The first-order valence-electron chi connectivity index (χ1n) is 7.70. The number of amides is 1. The standard InChI is InChI=1S/C16H22N2OS/c19-12-18-10-4-7-15(18)13-8-9-16(17-11-13)20-14-5-2-1-3-6-14/h8-9,11-12,14-15H,1-7,10H2/t15-/m1/s1. The summed E-state index contributed by atoms with van der Waals surface area (Å²) in [6, 6.07) is 4.54. The smallest absolute Gasteiger partial charge is 0.210 e. The molecule has 0 spiro atoms. The van der Waals surface area contributed by atoms with E-state index in [0.717, 1.165) is 36.1 Å². The first-order valence-corrected chi connectivity index (χ1v) is 8.58. The van der Waals surface area contributed by atoms with Gasteiger partial charge >= 0.3 is 0 Å². The molecule has 0 bridgehead atoms. The molecule has 0 aromatic carbocycles. The van der Waals surface area contributed by atoms with Crippen LogP contribution < -0.4 is 0 Å². The maximum absolute atomic E-state index is 11.0. The van der Waals surface area contributed by atoms with Crippen LogP contribution in [-0.2, 0) is 4.79 Å². The predicted molar refractivity (Wildman–Crippen MR) is 81.7 cm³/mol. The fraction of sp³-hybridized carbons (Fsp3) is 0.625. The molecule has 2 fully saturated rings. The molecule has 0 radical (unpaired) electrons. The Morgan fingerprint density at radius 1 is 1.15 bits per heavy atom. The molecule has 0 N–H and O–H groups in total. The van der Waals surface area contributed by atoms with E-state index < -0.39 is 0 Å². The molecule has 3 nitrogen and oxygen atoms in total. The number of carbonyl (C=O) groups excluding carboxylic acids is 1. The summed E-state index contributed by atoms with van der Waals surface area (Å²) in [5.74, 6) is 0. The third-order valence-electron chi connectivity index (χ3n) is 4.41. The van der Waals surface area contributed by atoms with Crippen LogP contribution in [0.15, 0.2) is 23.4 Å². The summed E-state index contributed by atoms with van der Waals surface area (Å²) in [5, 5.41) is 1.89. The monoisotopic (exact) mass is 290 g/mol. The van der Waals surface area contributed by atoms with E-state index in [1.54, 1.807) is 0 Å². The summed E-state index contributed by atoms with van der Waals surface area (Å²) in [6.45, 7) is 0.882. The first kappa shape index (κ1) is 13.9. The number of pyridine rings is 1. The van der Waals surface area contributed by atoms with Gasteiger partial charge in [-0.2, -0.15) is 0 Å². The number of hydrogen-bond donors (Lipinski definition) is 0. The van der Waals surface area contributed by atoms with Crippen molar-refractivity contribution >= 4 is 18.2 Å². The average molecular weight is 290 g/mol. The summed E-state index contributed by atoms with van der Waals surface area (Å²) in [6.07, 6.45) is 11.9. The molecule has 1 atom stereocenters. The largest absolute Gasteiger partial charge is 0.338 e. The molecule has 1 amide bonds. The normalized spacial score (nSPS) is 24.0. The van der Waals surface area contributed by atoms with Crippen LogP contribution in [0.4, 0.5) is 0 Å². The van der Waals surface area contributed by atoms with E-state index in [-0.39, 0.29) is 6.04 Å². The van der Waals surface area contributed by atoms with Gasteiger partial charge in [0.15, 0.2) is 0 Å². The van der Waals surface area contributed by atoms with Gasteiger partial charge in [-0.05, 0) is 37.3 Å². The van der Waals surface area contributed by atoms with Gasteiger partial charge < -0.3 is 4.90 Å². The van der Waals surface area contributed by atoms with E-state index in [1.165, 1.54) is 37.7 Å². The molecular weight excluding hydrogens is 268 g/mol. The third-order valence-corrected chi connectivity index (χ3v) is 5.70. The van der Waals surface area contributed by atoms with Crippen molar-refractivity contribution in [3.63, 3.8) is 0 Å². The molecule has 1 aliphatic carbocycles. The molecule has 1 aliphatic heterocycles. The lowest BCUT2D eigenvalue weighted by Gasteiger charge is -2.22. The fourth-order valence-corrected chi connectivity index (χ4v) is 4.46. The van der Waals surface area contributed by atoms with Crippen molar-refractivity contribution in [1.29, 1.82) is 0 Å². The average Bonchev–Trinajstić information content (AvgIpc) is 2.98. The van der Waals surface area contributed by atoms with Crippen LogP contribution in [0.25, 0.3) is 0 Å². The molecule has 1 saturated carbocycles. The Kier molecular flexibility index (Phi) is 4.61. The van der Waals surface area contributed by atoms with Gasteiger partial charge in [0.05, 0.1) is 11.1 Å². The van der Waals surface area contributed by atoms with Crippen LogP contribution in [0, 0.1) is 0 Å². The minimum atomic E-state index is 0.244. The van der Waals surface area contributed by atoms with Gasteiger partial charge in [-0.3, -0.25) is 4.79 Å². The summed E-state index contributed by atoms with van der Waals surface area (Å²) in [7, 11) is 0. The summed E-state index contributed by atoms with van der Waals surface area (Å²) >= 11 is 1.93. The number of likely N-dealkylation sites (tertiary alicyclic amines) is 1. The lowest BCUT2D eigenvalue weighted by molar-refractivity contribution is -0.118. The van der Waals surface area contributed by atoms with Crippen molar-refractivity contribution in [3.8, 4) is 0 Å². The Bertz CT molecular complexity index is 442. The van der Waals surface area contributed by atoms with Crippen molar-refractivity contribution in [2.45, 2.75) is 61.3 Å². The van der Waals surface area contributed by atoms with Crippen molar-refractivity contribution in [2.24, 2.45) is 0 Å². The van der Waals surface area contributed by atoms with Gasteiger partial charge in [0, 0.05) is 18.0 Å². The van der Waals surface area contributed by atoms with Crippen LogP contribution in [0.5, 0.6) is 0 Å². The SMILES string of the molecule is O=CN1CCC[C@@H]1c1ccc(SC2CCCCC2)nc1. The number of aromatic nitrogens is 1. The van der Waals surface area contributed by atoms with E-state index in [9.17, 15) is 4.79 Å². The number of hydrogen-bond acceptors (Lipinski definition) is 3. The van der Waals surface area contributed by atoms with Crippen molar-refractivity contribution < 1.29 is 4.79 Å². The Labute approximate surface area is 125 Å². The second-order valence-corrected chi connectivity index (χ2v) is 7.13. The molecule has 2 heterocycles. The number of rotatable bonds is 4. The van der Waals surface area contributed by atoms with Gasteiger partial charge in [0.2, 0.25) is 6.41 Å². The Balaban J connectivity index is 1.63. The van der Waals surface area contributed by atoms with Gasteiger partial charge in [0.25, 0.3) is 0 Å². The lowest BCUT2D eigenvalue weighted by Crippen LogP contribution is -2.21. The summed E-state index contributed by atoms with van der Waals surface area (Å²) in [5.41, 5.74) is 1.18. The molecular formula is C16H22N2OS. The zero-order valence-corrected chi connectivity index (χ0v) is 12.6. The highest BCUT2D eigenvalue weighted by Gasteiger charge is 2.24. The van der Waals surface area contributed by atoms with Gasteiger partial charge in [0.1, 0.15) is 0 Å². The minimum absolute atomic E-state index is 0.244. The zero-order chi connectivity index (χ0) is 13.8. The van der Waals surface area contributed by atoms with Crippen LogP contribution in [0.2, 0.25) is 0 Å². The van der Waals surface area contributed by atoms with E-state index in [2.05, 4.69) is 17.1 Å². The second kappa shape index (κ2) is 6.61. The second-order valence-electron chi connectivity index (χ2n) is 5.81. The molecule has 20 heavy (non-hydrogen) atoms. The molecule has 1 aromatic rings. The number of thioether (sulfide) groups is 1. The van der Waals surface area contributed by atoms with Crippen LogP contribution in [0.1, 0.15) is 56.6 Å². The Morgan fingerprint density at radius 3 is 2.70 bits per heavy atom. The molecule has 4 heteroatoms. The van der Waals surface area contributed by atoms with Gasteiger partial charge in [-0.25, -0.2) is 4.98 Å². The van der Waals surface area contributed by atoms with E-state index in [1.807, 2.05) is 22.9 Å². The summed E-state index contributed by atoms with van der Waals surface area (Å²) in [4.78, 5) is 17.5. The third kappa shape index (κ3) is 3.17. The molecule has 3 rings (SSSR count). The van der Waals surface area contributed by atoms with E-state index in [0.29, 0.717) is 0 Å². The highest BCUT2D eigenvalue weighted by Crippen LogP contribution is 2.34. The maximum atomic E-state index is 11.0. The fourth-order valence-electron chi connectivity index (χ4n) is 3.29. The van der Waals surface area contributed by atoms with E-state index >= 15 is 0 Å². The lowest BCUT2D eigenvalue weighted by atomic mass is 10.0. The Hall–Kier alpha value is -1.03. The predicted octanol–water partition coefficient (Wildman–Crippen LogP) is 3.80. The Morgan fingerprint density at radius 2 is 2.00 bits per heavy atom. The minimum Gasteiger partial charge on any atom is -0.338 e. The molecule has 108 valence electrons. The molecule has 2 aliphatic rings. The maximum Gasteiger partial charge on any atom is 0.210 e. The number of nitrogens with zero attached hydrogens (tertiary/aromatic N) is 2. The van der Waals surface area contributed by atoms with Gasteiger partial charge in [-0.15, -0.1) is 11.8 Å². The highest BCUT2D eigenvalue weighted by atomic mass is 32.2. The molecule has 1 saturated heterocycles. The molecule has 1 aromatic heterocycles. The molecule has 0 unspecified atom stereocenters. The van der Waals surface area contributed by atoms with Crippen molar-refractivity contribution in [2.75, 3.05) is 6.54 Å². The zero-order valence-electron chi connectivity index (χ0n) is 11.8. The summed E-state index contributed by atoms with van der Waals surface area (Å²) < 4.78 is 0. The van der Waals surface area contributed by atoms with E-state index in [4.69, 9.17) is 0 Å². The van der Waals surface area contributed by atoms with Crippen molar-refractivity contribution in [3.05, 3.63) is 23.9 Å². The quantitative estimate of drug-likeness (QED) is 0.791. The highest BCUT2D eigenvalue weighted by molar-refractivity contribution is 7.99. The van der Waals surface area contributed by atoms with Crippen LogP contribution in [-0.4, -0.2) is 28.1 Å². The van der Waals surface area contributed by atoms with Crippen LogP contribution >= 0.6 is 11.8 Å². The topological polar surface area (TPSA) is 33.2 Å². The number of carbonyl (C=O) groups is 1. The first-order chi connectivity index (χ1) is 9.86.